The predicted octanol–water partition coefficient (Wildman–Crippen LogP) is 3.83. The van der Waals surface area contributed by atoms with Gasteiger partial charge in [0.25, 0.3) is 11.8 Å². The SMILES string of the molecule is Cc1sc(-c2nnc(C3CC3)o2)cc1NC(=O)c1ccoc1. The van der Waals surface area contributed by atoms with E-state index in [1.54, 1.807) is 6.07 Å². The summed E-state index contributed by atoms with van der Waals surface area (Å²) in [7, 11) is 0. The summed E-state index contributed by atoms with van der Waals surface area (Å²) in [5.41, 5.74) is 1.23. The Kier molecular flexibility index (Phi) is 3.07. The van der Waals surface area contributed by atoms with Crippen LogP contribution in [-0.4, -0.2) is 16.1 Å². The maximum atomic E-state index is 12.1. The molecular formula is C15H13N3O3S. The molecule has 3 heterocycles. The highest BCUT2D eigenvalue weighted by molar-refractivity contribution is 7.15. The Morgan fingerprint density at radius 2 is 2.27 bits per heavy atom. The number of carbonyl (C=O) groups is 1. The molecule has 1 aliphatic carbocycles. The van der Waals surface area contributed by atoms with Crippen LogP contribution >= 0.6 is 11.3 Å². The van der Waals surface area contributed by atoms with Gasteiger partial charge in [-0.1, -0.05) is 0 Å². The Morgan fingerprint density at radius 1 is 1.41 bits per heavy atom. The zero-order valence-corrected chi connectivity index (χ0v) is 12.6. The van der Waals surface area contributed by atoms with Crippen molar-refractivity contribution in [1.29, 1.82) is 0 Å². The van der Waals surface area contributed by atoms with Crippen LogP contribution in [0.5, 0.6) is 0 Å². The van der Waals surface area contributed by atoms with E-state index in [-0.39, 0.29) is 5.91 Å². The average molecular weight is 315 g/mol. The molecule has 3 aromatic rings. The predicted molar refractivity (Wildman–Crippen MR) is 81.0 cm³/mol. The van der Waals surface area contributed by atoms with E-state index in [2.05, 4.69) is 15.5 Å². The van der Waals surface area contributed by atoms with Gasteiger partial charge in [-0.3, -0.25) is 4.79 Å². The first-order valence-electron chi connectivity index (χ1n) is 6.98. The molecule has 0 atom stereocenters. The van der Waals surface area contributed by atoms with Gasteiger partial charge in [0.15, 0.2) is 0 Å². The first-order chi connectivity index (χ1) is 10.7. The highest BCUT2D eigenvalue weighted by Gasteiger charge is 2.29. The van der Waals surface area contributed by atoms with Crippen LogP contribution in [0.2, 0.25) is 0 Å². The number of furan rings is 1. The fourth-order valence-electron chi connectivity index (χ4n) is 2.13. The van der Waals surface area contributed by atoms with Gasteiger partial charge in [0.1, 0.15) is 6.26 Å². The number of carbonyl (C=O) groups excluding carboxylic acids is 1. The molecule has 1 saturated carbocycles. The van der Waals surface area contributed by atoms with Crippen LogP contribution in [0.4, 0.5) is 5.69 Å². The first kappa shape index (κ1) is 13.3. The Balaban J connectivity index is 1.56. The lowest BCUT2D eigenvalue weighted by molar-refractivity contribution is 0.102. The fraction of sp³-hybridized carbons (Fsp3) is 0.267. The largest absolute Gasteiger partial charge is 0.472 e. The number of nitrogens with one attached hydrogen (secondary N) is 1. The van der Waals surface area contributed by atoms with Crippen molar-refractivity contribution in [2.45, 2.75) is 25.7 Å². The van der Waals surface area contributed by atoms with E-state index in [9.17, 15) is 4.79 Å². The molecule has 22 heavy (non-hydrogen) atoms. The van der Waals surface area contributed by atoms with E-state index in [4.69, 9.17) is 8.83 Å². The molecule has 1 amide bonds. The third-order valence-corrected chi connectivity index (χ3v) is 4.57. The molecule has 0 spiro atoms. The minimum absolute atomic E-state index is 0.203. The van der Waals surface area contributed by atoms with Crippen molar-refractivity contribution in [3.05, 3.63) is 41.0 Å². The Labute approximate surface area is 130 Å². The van der Waals surface area contributed by atoms with E-state index in [0.717, 1.165) is 28.3 Å². The standard InChI is InChI=1S/C15H13N3O3S/c1-8-11(16-13(19)10-4-5-20-7-10)6-12(22-8)15-18-17-14(21-15)9-2-3-9/h4-7,9H,2-3H2,1H3,(H,16,19). The van der Waals surface area contributed by atoms with Crippen LogP contribution < -0.4 is 5.32 Å². The molecule has 0 unspecified atom stereocenters. The maximum absolute atomic E-state index is 12.1. The Hall–Kier alpha value is -2.41. The van der Waals surface area contributed by atoms with Crippen LogP contribution in [0, 0.1) is 6.92 Å². The lowest BCUT2D eigenvalue weighted by atomic mass is 10.3. The van der Waals surface area contributed by atoms with Gasteiger partial charge >= 0.3 is 0 Å². The van der Waals surface area contributed by atoms with E-state index >= 15 is 0 Å². The quantitative estimate of drug-likeness (QED) is 0.791. The number of thiophene rings is 1. The summed E-state index contributed by atoms with van der Waals surface area (Å²) in [6.07, 6.45) is 5.13. The summed E-state index contributed by atoms with van der Waals surface area (Å²) in [5, 5.41) is 11.0. The number of rotatable bonds is 4. The molecule has 7 heteroatoms. The molecular weight excluding hydrogens is 302 g/mol. The average Bonchev–Trinajstić information content (AvgIpc) is 2.96. The van der Waals surface area contributed by atoms with Crippen LogP contribution in [-0.2, 0) is 0 Å². The van der Waals surface area contributed by atoms with Crippen molar-refractivity contribution < 1.29 is 13.6 Å². The first-order valence-corrected chi connectivity index (χ1v) is 7.80. The summed E-state index contributed by atoms with van der Waals surface area (Å²) in [6, 6.07) is 3.49. The van der Waals surface area contributed by atoms with Gasteiger partial charge in [-0.25, -0.2) is 0 Å². The van der Waals surface area contributed by atoms with E-state index in [0.29, 0.717) is 23.3 Å². The smallest absolute Gasteiger partial charge is 0.258 e. The summed E-state index contributed by atoms with van der Waals surface area (Å²) >= 11 is 1.52. The molecule has 1 aliphatic rings. The molecule has 4 rings (SSSR count). The molecule has 0 aliphatic heterocycles. The molecule has 0 radical (unpaired) electrons. The van der Waals surface area contributed by atoms with E-state index < -0.39 is 0 Å². The molecule has 6 nitrogen and oxygen atoms in total. The van der Waals surface area contributed by atoms with Crippen molar-refractivity contribution in [2.24, 2.45) is 0 Å². The van der Waals surface area contributed by atoms with Crippen molar-refractivity contribution in [3.8, 4) is 10.8 Å². The topological polar surface area (TPSA) is 81.2 Å². The lowest BCUT2D eigenvalue weighted by Gasteiger charge is -2.01. The normalized spacial score (nSPS) is 14.2. The Morgan fingerprint density at radius 3 is 3.00 bits per heavy atom. The zero-order valence-electron chi connectivity index (χ0n) is 11.8. The summed E-state index contributed by atoms with van der Waals surface area (Å²) in [6.45, 7) is 1.94. The number of aromatic nitrogens is 2. The maximum Gasteiger partial charge on any atom is 0.258 e. The highest BCUT2D eigenvalue weighted by Crippen LogP contribution is 2.41. The third kappa shape index (κ3) is 2.43. The molecule has 1 N–H and O–H groups in total. The molecule has 0 saturated heterocycles. The number of aryl methyl sites for hydroxylation is 1. The van der Waals surface area contributed by atoms with Crippen molar-refractivity contribution in [2.75, 3.05) is 5.32 Å². The van der Waals surface area contributed by atoms with Gasteiger partial charge < -0.3 is 14.2 Å². The summed E-state index contributed by atoms with van der Waals surface area (Å²) in [4.78, 5) is 13.9. The number of hydrogen-bond acceptors (Lipinski definition) is 6. The van der Waals surface area contributed by atoms with Crippen LogP contribution in [0.15, 0.2) is 33.5 Å². The summed E-state index contributed by atoms with van der Waals surface area (Å²) < 4.78 is 10.6. The van der Waals surface area contributed by atoms with Gasteiger partial charge in [0.05, 0.1) is 22.4 Å². The van der Waals surface area contributed by atoms with Gasteiger partial charge in [0.2, 0.25) is 5.89 Å². The van der Waals surface area contributed by atoms with Crippen molar-refractivity contribution >= 4 is 22.9 Å². The minimum Gasteiger partial charge on any atom is -0.472 e. The highest BCUT2D eigenvalue weighted by atomic mass is 32.1. The second-order valence-corrected chi connectivity index (χ2v) is 6.52. The molecule has 0 aromatic carbocycles. The van der Waals surface area contributed by atoms with Crippen LogP contribution in [0.3, 0.4) is 0 Å². The Bertz CT molecular complexity index is 815. The molecule has 112 valence electrons. The van der Waals surface area contributed by atoms with Gasteiger partial charge in [-0.05, 0) is 31.9 Å². The fourth-order valence-corrected chi connectivity index (χ4v) is 3.03. The van der Waals surface area contributed by atoms with Gasteiger partial charge in [-0.15, -0.1) is 21.5 Å². The van der Waals surface area contributed by atoms with Crippen molar-refractivity contribution in [1.82, 2.24) is 10.2 Å². The number of nitrogens with zero attached hydrogens (tertiary/aromatic N) is 2. The molecule has 3 aromatic heterocycles. The number of anilines is 1. The van der Waals surface area contributed by atoms with E-state index in [1.807, 2.05) is 13.0 Å². The minimum atomic E-state index is -0.203. The van der Waals surface area contributed by atoms with E-state index in [1.165, 1.54) is 23.9 Å². The summed E-state index contributed by atoms with van der Waals surface area (Å²) in [5.74, 6) is 1.46. The van der Waals surface area contributed by atoms with Gasteiger partial charge in [0, 0.05) is 10.8 Å². The second kappa shape index (κ2) is 5.10. The molecule has 1 fully saturated rings. The lowest BCUT2D eigenvalue weighted by Crippen LogP contribution is -2.10. The van der Waals surface area contributed by atoms with Crippen molar-refractivity contribution in [3.63, 3.8) is 0 Å². The van der Waals surface area contributed by atoms with Crippen LogP contribution in [0.25, 0.3) is 10.8 Å². The number of amides is 1. The van der Waals surface area contributed by atoms with Crippen LogP contribution in [0.1, 0.15) is 39.9 Å². The molecule has 0 bridgehead atoms. The number of hydrogen-bond donors (Lipinski definition) is 1. The monoisotopic (exact) mass is 315 g/mol. The zero-order chi connectivity index (χ0) is 15.1. The third-order valence-electron chi connectivity index (χ3n) is 3.53. The second-order valence-electron chi connectivity index (χ2n) is 5.27. The van der Waals surface area contributed by atoms with Gasteiger partial charge in [-0.2, -0.15) is 0 Å².